The maximum Gasteiger partial charge on any atom is 0.276 e. The standard InChI is InChI=1S/C24H20N4O5/c1-32-22-14-19(13-20(15-22)28(30)31)25-24(29)23-11-12-27(26-23)16-33-21-9-7-18(8-10-21)17-5-3-2-4-6-17/h2-15H,16H2,1H3,(H,25,29). The van der Waals surface area contributed by atoms with Crippen LogP contribution in [0.15, 0.2) is 85.1 Å². The number of ether oxygens (including phenoxy) is 2. The molecule has 3 aromatic carbocycles. The Morgan fingerprint density at radius 2 is 1.73 bits per heavy atom. The Balaban J connectivity index is 1.37. The van der Waals surface area contributed by atoms with Crippen LogP contribution in [-0.2, 0) is 6.73 Å². The second-order valence-corrected chi connectivity index (χ2v) is 7.04. The summed E-state index contributed by atoms with van der Waals surface area (Å²) < 4.78 is 12.3. The molecule has 0 aliphatic carbocycles. The van der Waals surface area contributed by atoms with Gasteiger partial charge in [-0.3, -0.25) is 14.9 Å². The normalized spacial score (nSPS) is 10.5. The van der Waals surface area contributed by atoms with Crippen LogP contribution < -0.4 is 14.8 Å². The second-order valence-electron chi connectivity index (χ2n) is 7.04. The molecule has 1 amide bonds. The van der Waals surface area contributed by atoms with Gasteiger partial charge in [-0.05, 0) is 29.3 Å². The highest BCUT2D eigenvalue weighted by Gasteiger charge is 2.15. The van der Waals surface area contributed by atoms with Crippen LogP contribution in [0.25, 0.3) is 11.1 Å². The van der Waals surface area contributed by atoms with E-state index >= 15 is 0 Å². The van der Waals surface area contributed by atoms with Gasteiger partial charge < -0.3 is 14.8 Å². The lowest BCUT2D eigenvalue weighted by Crippen LogP contribution is -2.14. The van der Waals surface area contributed by atoms with Crippen molar-refractivity contribution in [2.24, 2.45) is 0 Å². The zero-order valence-corrected chi connectivity index (χ0v) is 17.7. The highest BCUT2D eigenvalue weighted by atomic mass is 16.6. The molecule has 1 heterocycles. The van der Waals surface area contributed by atoms with Crippen molar-refractivity contribution in [1.29, 1.82) is 0 Å². The first-order valence-corrected chi connectivity index (χ1v) is 9.98. The van der Waals surface area contributed by atoms with Crippen molar-refractivity contribution < 1.29 is 19.2 Å². The molecule has 33 heavy (non-hydrogen) atoms. The van der Waals surface area contributed by atoms with Crippen molar-refractivity contribution in [2.45, 2.75) is 6.73 Å². The van der Waals surface area contributed by atoms with Crippen LogP contribution in [0.2, 0.25) is 0 Å². The molecule has 1 aromatic heterocycles. The highest BCUT2D eigenvalue weighted by molar-refractivity contribution is 6.03. The third-order valence-electron chi connectivity index (χ3n) is 4.79. The molecule has 9 nitrogen and oxygen atoms in total. The molecule has 0 unspecified atom stereocenters. The Kier molecular flexibility index (Phi) is 6.31. The van der Waals surface area contributed by atoms with Gasteiger partial charge in [-0.25, -0.2) is 4.68 Å². The number of benzene rings is 3. The number of anilines is 1. The van der Waals surface area contributed by atoms with Gasteiger partial charge in [-0.1, -0.05) is 42.5 Å². The molecule has 0 fully saturated rings. The van der Waals surface area contributed by atoms with Gasteiger partial charge in [0.05, 0.1) is 23.8 Å². The van der Waals surface area contributed by atoms with E-state index in [-0.39, 0.29) is 29.5 Å². The number of nitro benzene ring substituents is 1. The zero-order chi connectivity index (χ0) is 23.2. The molecule has 4 rings (SSSR count). The molecular weight excluding hydrogens is 424 g/mol. The molecule has 9 heteroatoms. The van der Waals surface area contributed by atoms with E-state index in [2.05, 4.69) is 10.4 Å². The first kappa shape index (κ1) is 21.6. The molecule has 166 valence electrons. The van der Waals surface area contributed by atoms with Crippen LogP contribution >= 0.6 is 0 Å². The van der Waals surface area contributed by atoms with Crippen LogP contribution in [0.1, 0.15) is 10.5 Å². The quantitative estimate of drug-likeness (QED) is 0.310. The number of amides is 1. The third-order valence-corrected chi connectivity index (χ3v) is 4.79. The van der Waals surface area contributed by atoms with Gasteiger partial charge in [0.1, 0.15) is 11.5 Å². The number of hydrogen-bond donors (Lipinski definition) is 1. The molecule has 4 aromatic rings. The number of methoxy groups -OCH3 is 1. The van der Waals surface area contributed by atoms with Gasteiger partial charge >= 0.3 is 0 Å². The number of nitrogens with zero attached hydrogens (tertiary/aromatic N) is 3. The molecule has 0 saturated heterocycles. The topological polar surface area (TPSA) is 109 Å². The van der Waals surface area contributed by atoms with Gasteiger partial charge in [0.15, 0.2) is 12.4 Å². The predicted octanol–water partition coefficient (Wildman–Crippen LogP) is 4.76. The van der Waals surface area contributed by atoms with E-state index in [1.54, 1.807) is 6.20 Å². The number of hydrogen-bond acceptors (Lipinski definition) is 6. The molecule has 1 N–H and O–H groups in total. The van der Waals surface area contributed by atoms with Crippen molar-refractivity contribution in [2.75, 3.05) is 12.4 Å². The fraction of sp³-hybridized carbons (Fsp3) is 0.0833. The Morgan fingerprint density at radius 1 is 1.00 bits per heavy atom. The summed E-state index contributed by atoms with van der Waals surface area (Å²) in [4.78, 5) is 23.0. The van der Waals surface area contributed by atoms with E-state index in [1.807, 2.05) is 54.6 Å². The van der Waals surface area contributed by atoms with Crippen molar-refractivity contribution in [1.82, 2.24) is 9.78 Å². The summed E-state index contributed by atoms with van der Waals surface area (Å²) >= 11 is 0. The zero-order valence-electron chi connectivity index (χ0n) is 17.7. The van der Waals surface area contributed by atoms with Crippen LogP contribution in [0.5, 0.6) is 11.5 Å². The SMILES string of the molecule is COc1cc(NC(=O)c2ccn(COc3ccc(-c4ccccc4)cc3)n2)cc([N+](=O)[O-])c1. The molecule has 0 aliphatic rings. The van der Waals surface area contributed by atoms with E-state index in [0.717, 1.165) is 11.1 Å². The van der Waals surface area contributed by atoms with E-state index in [0.29, 0.717) is 5.75 Å². The number of aromatic nitrogens is 2. The number of carbonyl (C=O) groups excluding carboxylic acids is 1. The van der Waals surface area contributed by atoms with Gasteiger partial charge in [0, 0.05) is 18.3 Å². The first-order chi connectivity index (χ1) is 16.0. The lowest BCUT2D eigenvalue weighted by Gasteiger charge is -2.08. The van der Waals surface area contributed by atoms with Gasteiger partial charge in [0.25, 0.3) is 11.6 Å². The number of non-ortho nitro benzene ring substituents is 1. The number of rotatable bonds is 8. The molecule has 0 radical (unpaired) electrons. The minimum atomic E-state index is -0.559. The van der Waals surface area contributed by atoms with Crippen LogP contribution in [0.3, 0.4) is 0 Å². The maximum atomic E-state index is 12.5. The predicted molar refractivity (Wildman–Crippen MR) is 122 cm³/mol. The number of carbonyl (C=O) groups is 1. The summed E-state index contributed by atoms with van der Waals surface area (Å²) in [5, 5.41) is 17.9. The molecule has 0 spiro atoms. The van der Waals surface area contributed by atoms with E-state index < -0.39 is 10.8 Å². The second kappa shape index (κ2) is 9.65. The lowest BCUT2D eigenvalue weighted by molar-refractivity contribution is -0.384. The summed E-state index contributed by atoms with van der Waals surface area (Å²) in [6, 6.07) is 23.3. The van der Waals surface area contributed by atoms with Crippen LogP contribution in [0.4, 0.5) is 11.4 Å². The Labute approximate surface area is 189 Å². The summed E-state index contributed by atoms with van der Waals surface area (Å²) in [5.74, 6) is 0.417. The van der Waals surface area contributed by atoms with Crippen molar-refractivity contribution in [3.8, 4) is 22.6 Å². The molecule has 0 saturated carbocycles. The van der Waals surface area contributed by atoms with E-state index in [4.69, 9.17) is 9.47 Å². The fourth-order valence-corrected chi connectivity index (χ4v) is 3.14. The Hall–Kier alpha value is -4.66. The van der Waals surface area contributed by atoms with Gasteiger partial charge in [0.2, 0.25) is 0 Å². The Morgan fingerprint density at radius 3 is 2.42 bits per heavy atom. The Bertz CT molecular complexity index is 1270. The molecular formula is C24H20N4O5. The highest BCUT2D eigenvalue weighted by Crippen LogP contribution is 2.26. The average molecular weight is 444 g/mol. The van der Waals surface area contributed by atoms with E-state index in [1.165, 1.54) is 36.1 Å². The summed E-state index contributed by atoms with van der Waals surface area (Å²) in [6.45, 7) is 0.114. The van der Waals surface area contributed by atoms with Crippen LogP contribution in [-0.4, -0.2) is 27.7 Å². The molecule has 0 aliphatic heterocycles. The largest absolute Gasteiger partial charge is 0.496 e. The third kappa shape index (κ3) is 5.34. The molecule has 0 atom stereocenters. The van der Waals surface area contributed by atoms with Crippen molar-refractivity contribution >= 4 is 17.3 Å². The van der Waals surface area contributed by atoms with Crippen molar-refractivity contribution in [3.05, 3.63) is 101 Å². The number of nitro groups is 1. The van der Waals surface area contributed by atoms with Gasteiger partial charge in [-0.2, -0.15) is 5.10 Å². The minimum Gasteiger partial charge on any atom is -0.496 e. The minimum absolute atomic E-state index is 0.114. The summed E-state index contributed by atoms with van der Waals surface area (Å²) in [6.07, 6.45) is 1.61. The van der Waals surface area contributed by atoms with Crippen molar-refractivity contribution in [3.63, 3.8) is 0 Å². The number of nitrogens with one attached hydrogen (secondary N) is 1. The summed E-state index contributed by atoms with van der Waals surface area (Å²) in [5.41, 5.74) is 2.38. The molecule has 0 bridgehead atoms. The smallest absolute Gasteiger partial charge is 0.276 e. The van der Waals surface area contributed by atoms with Gasteiger partial charge in [-0.15, -0.1) is 0 Å². The monoisotopic (exact) mass is 444 g/mol. The van der Waals surface area contributed by atoms with Crippen LogP contribution in [0, 0.1) is 10.1 Å². The maximum absolute atomic E-state index is 12.5. The fourth-order valence-electron chi connectivity index (χ4n) is 3.14. The summed E-state index contributed by atoms with van der Waals surface area (Å²) in [7, 11) is 1.39. The van der Waals surface area contributed by atoms with E-state index in [9.17, 15) is 14.9 Å². The first-order valence-electron chi connectivity index (χ1n) is 9.98. The lowest BCUT2D eigenvalue weighted by atomic mass is 10.1. The average Bonchev–Trinajstić information content (AvgIpc) is 3.33.